The molecule has 1 aliphatic carbocycles. The number of rotatable bonds is 12. The fourth-order valence-corrected chi connectivity index (χ4v) is 7.52. The number of nitrogens with zero attached hydrogens (tertiary/aromatic N) is 3. The largest absolute Gasteiger partial charge is 0.507 e. The quantitative estimate of drug-likeness (QED) is 0.0508. The minimum absolute atomic E-state index is 0.0702. The van der Waals surface area contributed by atoms with Crippen LogP contribution in [-0.4, -0.2) is 46.3 Å². The Morgan fingerprint density at radius 1 is 0.788 bits per heavy atom. The molecule has 0 heterocycles. The molecule has 17 heteroatoms. The minimum atomic E-state index is -5.75. The third-order valence-corrected chi connectivity index (χ3v) is 10.6. The van der Waals surface area contributed by atoms with Crippen LogP contribution in [0.15, 0.2) is 71.6 Å². The van der Waals surface area contributed by atoms with Crippen molar-refractivity contribution >= 4 is 33.3 Å². The molecule has 52 heavy (non-hydrogen) atoms. The van der Waals surface area contributed by atoms with Crippen molar-refractivity contribution in [2.45, 2.75) is 56.0 Å². The van der Waals surface area contributed by atoms with E-state index in [4.69, 9.17) is 0 Å². The van der Waals surface area contributed by atoms with E-state index in [-0.39, 0.29) is 22.1 Å². The van der Waals surface area contributed by atoms with Gasteiger partial charge in [0.25, 0.3) is 5.69 Å². The molecule has 0 spiro atoms. The van der Waals surface area contributed by atoms with Crippen LogP contribution < -0.4 is 4.90 Å². The number of sulfonamides is 1. The van der Waals surface area contributed by atoms with Crippen molar-refractivity contribution in [3.8, 4) is 5.75 Å². The Hall–Kier alpha value is -5.42. The number of nitro groups is 1. The van der Waals surface area contributed by atoms with Crippen molar-refractivity contribution in [2.75, 3.05) is 11.4 Å². The normalized spacial score (nSPS) is 13.7. The average molecular weight is 748 g/mol. The summed E-state index contributed by atoms with van der Waals surface area (Å²) in [5.74, 6) is -16.1. The van der Waals surface area contributed by atoms with Crippen molar-refractivity contribution in [3.05, 3.63) is 128 Å². The summed E-state index contributed by atoms with van der Waals surface area (Å²) in [6.07, 6.45) is 5.30. The lowest BCUT2D eigenvalue weighted by molar-refractivity contribution is -0.384. The number of carboxylic acids is 1. The number of phenols is 1. The molecule has 2 N–H and O–H groups in total. The second kappa shape index (κ2) is 15.4. The van der Waals surface area contributed by atoms with Crippen molar-refractivity contribution in [2.24, 2.45) is 0 Å². The van der Waals surface area contributed by atoms with E-state index in [1.54, 1.807) is 12.1 Å². The molecule has 1 saturated carbocycles. The molecule has 0 bridgehead atoms. The molecule has 1 amide bonds. The van der Waals surface area contributed by atoms with Crippen LogP contribution in [0.3, 0.4) is 0 Å². The lowest BCUT2D eigenvalue weighted by atomic mass is 9.84. The van der Waals surface area contributed by atoms with Crippen LogP contribution in [0.4, 0.5) is 33.3 Å². The smallest absolute Gasteiger partial charge is 0.339 e. The molecule has 1 fully saturated rings. The van der Waals surface area contributed by atoms with Crippen molar-refractivity contribution < 1.29 is 55.1 Å². The van der Waals surface area contributed by atoms with Gasteiger partial charge in [0.15, 0.2) is 28.2 Å². The van der Waals surface area contributed by atoms with Gasteiger partial charge in [-0.15, -0.1) is 0 Å². The predicted molar refractivity (Wildman–Crippen MR) is 175 cm³/mol. The van der Waals surface area contributed by atoms with Gasteiger partial charge in [-0.25, -0.2) is 35.2 Å². The topological polar surface area (TPSA) is 158 Å². The third-order valence-electron chi connectivity index (χ3n) is 8.81. The zero-order valence-corrected chi connectivity index (χ0v) is 27.9. The summed E-state index contributed by atoms with van der Waals surface area (Å²) in [6, 6.07) is 14.3. The lowest BCUT2D eigenvalue weighted by Crippen LogP contribution is -2.43. The van der Waals surface area contributed by atoms with Crippen LogP contribution in [0.25, 0.3) is 0 Å². The standard InChI is InChI=1S/C35H30F5N3O8S/c36-29-30(37)32(39)34(33(40)31(29)38)52(50,51)41(17-20-8-12-24(13-9-20)43(48)49)19-28(45)42(25-14-15-26(35(46)47)27(44)16-25)18-21-6-10-23(11-7-21)22-4-2-1-3-5-22/h6-16,22,44H,1-5,17-19H2,(H,46,47). The van der Waals surface area contributed by atoms with E-state index >= 15 is 0 Å². The van der Waals surface area contributed by atoms with Crippen LogP contribution >= 0.6 is 0 Å². The Bertz CT molecular complexity index is 2100. The number of aromatic carboxylic acids is 1. The van der Waals surface area contributed by atoms with Crippen molar-refractivity contribution in [1.29, 1.82) is 0 Å². The number of non-ortho nitro benzene ring substituents is 1. The van der Waals surface area contributed by atoms with Crippen LogP contribution in [0.2, 0.25) is 0 Å². The van der Waals surface area contributed by atoms with Gasteiger partial charge < -0.3 is 15.1 Å². The van der Waals surface area contributed by atoms with Gasteiger partial charge in [-0.1, -0.05) is 55.7 Å². The number of carbonyl (C=O) groups is 2. The maximum absolute atomic E-state index is 14.9. The Morgan fingerprint density at radius 2 is 1.33 bits per heavy atom. The number of hydrogen-bond donors (Lipinski definition) is 2. The van der Waals surface area contributed by atoms with E-state index in [9.17, 15) is 60.3 Å². The van der Waals surface area contributed by atoms with E-state index in [0.717, 1.165) is 85.0 Å². The molecule has 0 unspecified atom stereocenters. The maximum atomic E-state index is 14.9. The third kappa shape index (κ3) is 7.89. The molecule has 11 nitrogen and oxygen atoms in total. The van der Waals surface area contributed by atoms with E-state index < -0.39 is 90.9 Å². The molecule has 4 aromatic carbocycles. The Morgan fingerprint density at radius 3 is 1.87 bits per heavy atom. The number of halogens is 5. The molecule has 5 rings (SSSR count). The Kier molecular flexibility index (Phi) is 11.2. The maximum Gasteiger partial charge on any atom is 0.339 e. The molecule has 0 saturated heterocycles. The van der Waals surface area contributed by atoms with Gasteiger partial charge in [0.1, 0.15) is 11.3 Å². The van der Waals surface area contributed by atoms with Crippen LogP contribution in [0, 0.1) is 39.2 Å². The molecule has 1 aliphatic rings. The van der Waals surface area contributed by atoms with Crippen LogP contribution in [0.5, 0.6) is 5.75 Å². The van der Waals surface area contributed by atoms with Gasteiger partial charge in [0.05, 0.1) is 18.0 Å². The molecule has 4 aromatic rings. The minimum Gasteiger partial charge on any atom is -0.507 e. The number of aromatic hydroxyl groups is 1. The summed E-state index contributed by atoms with van der Waals surface area (Å²) < 4.78 is 99.9. The van der Waals surface area contributed by atoms with E-state index in [1.165, 1.54) is 0 Å². The highest BCUT2D eigenvalue weighted by atomic mass is 32.2. The first kappa shape index (κ1) is 37.8. The number of benzene rings is 4. The fraction of sp³-hybridized carbons (Fsp3) is 0.257. The average Bonchev–Trinajstić information content (AvgIpc) is 3.12. The fourth-order valence-electron chi connectivity index (χ4n) is 6.04. The molecule has 0 aliphatic heterocycles. The summed E-state index contributed by atoms with van der Waals surface area (Å²) in [5.41, 5.74) is 0.417. The Labute approximate surface area is 293 Å². The van der Waals surface area contributed by atoms with E-state index in [2.05, 4.69) is 0 Å². The van der Waals surface area contributed by atoms with Crippen LogP contribution in [0.1, 0.15) is 65.1 Å². The van der Waals surface area contributed by atoms with Gasteiger partial charge >= 0.3 is 5.97 Å². The van der Waals surface area contributed by atoms with Gasteiger partial charge in [-0.3, -0.25) is 14.9 Å². The number of anilines is 1. The summed E-state index contributed by atoms with van der Waals surface area (Å²) in [7, 11) is -5.75. The zero-order valence-electron chi connectivity index (χ0n) is 27.1. The van der Waals surface area contributed by atoms with E-state index in [1.807, 2.05) is 12.1 Å². The highest BCUT2D eigenvalue weighted by Gasteiger charge is 2.39. The molecular formula is C35H30F5N3O8S. The zero-order chi connectivity index (χ0) is 37.9. The first-order valence-corrected chi connectivity index (χ1v) is 17.2. The lowest BCUT2D eigenvalue weighted by Gasteiger charge is -2.28. The van der Waals surface area contributed by atoms with Gasteiger partial charge in [-0.2, -0.15) is 4.31 Å². The molecular weight excluding hydrogens is 717 g/mol. The number of amides is 1. The van der Waals surface area contributed by atoms with Gasteiger partial charge in [0.2, 0.25) is 21.7 Å². The highest BCUT2D eigenvalue weighted by Crippen LogP contribution is 2.34. The first-order chi connectivity index (χ1) is 24.6. The van der Waals surface area contributed by atoms with Gasteiger partial charge in [-0.05, 0) is 47.6 Å². The first-order valence-electron chi connectivity index (χ1n) is 15.8. The second-order valence-electron chi connectivity index (χ2n) is 12.2. The van der Waals surface area contributed by atoms with Crippen molar-refractivity contribution in [3.63, 3.8) is 0 Å². The monoisotopic (exact) mass is 747 g/mol. The number of carboxylic acid groups (broad SMARTS) is 1. The molecule has 0 atom stereocenters. The van der Waals surface area contributed by atoms with Crippen LogP contribution in [-0.2, 0) is 27.9 Å². The second-order valence-corrected chi connectivity index (χ2v) is 14.0. The van der Waals surface area contributed by atoms with Gasteiger partial charge in [0, 0.05) is 30.4 Å². The number of nitro benzene ring substituents is 1. The molecule has 274 valence electrons. The number of carbonyl (C=O) groups excluding carboxylic acids is 1. The Balaban J connectivity index is 1.57. The summed E-state index contributed by atoms with van der Waals surface area (Å²) in [4.78, 5) is 34.8. The predicted octanol–water partition coefficient (Wildman–Crippen LogP) is 7.17. The van der Waals surface area contributed by atoms with E-state index in [0.29, 0.717) is 11.5 Å². The highest BCUT2D eigenvalue weighted by molar-refractivity contribution is 7.89. The summed E-state index contributed by atoms with van der Waals surface area (Å²) >= 11 is 0. The molecule has 0 radical (unpaired) electrons. The molecule has 0 aromatic heterocycles. The van der Waals surface area contributed by atoms with Crippen molar-refractivity contribution in [1.82, 2.24) is 4.31 Å². The SMILES string of the molecule is O=C(O)c1ccc(N(Cc2ccc(C3CCCCC3)cc2)C(=O)CN(Cc2ccc([N+](=O)[O-])cc2)S(=O)(=O)c2c(F)c(F)c(F)c(F)c2F)cc1O. The number of hydrogen-bond acceptors (Lipinski definition) is 7. The summed E-state index contributed by atoms with van der Waals surface area (Å²) in [5, 5.41) is 31.0. The summed E-state index contributed by atoms with van der Waals surface area (Å²) in [6.45, 7) is -2.53.